The number of nitrogens with zero attached hydrogens (tertiary/aromatic N) is 1. The van der Waals surface area contributed by atoms with Crippen LogP contribution in [0, 0.1) is 6.92 Å². The molecule has 0 unspecified atom stereocenters. The molecule has 4 nitrogen and oxygen atoms in total. The van der Waals surface area contributed by atoms with Gasteiger partial charge in [-0.1, -0.05) is 0 Å². The average Bonchev–Trinajstić information content (AvgIpc) is 2.61. The molecular formula is C19H21NO3SSe. The van der Waals surface area contributed by atoms with Gasteiger partial charge in [-0.15, -0.1) is 0 Å². The Bertz CT molecular complexity index is 857. The summed E-state index contributed by atoms with van der Waals surface area (Å²) in [5.74, 6) is 1.95. The van der Waals surface area contributed by atoms with Crippen LogP contribution in [0.15, 0.2) is 69.5 Å². The van der Waals surface area contributed by atoms with E-state index in [1.807, 2.05) is 49.2 Å². The molecule has 132 valence electrons. The predicted octanol–water partition coefficient (Wildman–Crippen LogP) is 3.56. The van der Waals surface area contributed by atoms with Crippen molar-refractivity contribution in [1.82, 2.24) is 0 Å². The summed E-state index contributed by atoms with van der Waals surface area (Å²) in [6, 6.07) is 16.5. The third-order valence-electron chi connectivity index (χ3n) is 3.43. The molecule has 2 aromatic rings. The molecule has 0 saturated carbocycles. The molecule has 0 aliphatic heterocycles. The van der Waals surface area contributed by atoms with Gasteiger partial charge in [0.05, 0.1) is 0 Å². The van der Waals surface area contributed by atoms with Gasteiger partial charge >= 0.3 is 156 Å². The van der Waals surface area contributed by atoms with Crippen LogP contribution in [0.25, 0.3) is 6.08 Å². The van der Waals surface area contributed by atoms with E-state index in [1.165, 1.54) is 0 Å². The van der Waals surface area contributed by atoms with Gasteiger partial charge in [0.1, 0.15) is 0 Å². The van der Waals surface area contributed by atoms with Crippen LogP contribution in [0.4, 0.5) is 0 Å². The molecule has 25 heavy (non-hydrogen) atoms. The second kappa shape index (κ2) is 9.11. The fourth-order valence-corrected chi connectivity index (χ4v) is 5.05. The zero-order valence-electron chi connectivity index (χ0n) is 14.5. The number of methoxy groups -OCH3 is 1. The minimum absolute atomic E-state index is 0.100. The van der Waals surface area contributed by atoms with Gasteiger partial charge in [0.25, 0.3) is 0 Å². The van der Waals surface area contributed by atoms with Gasteiger partial charge in [-0.25, -0.2) is 0 Å². The van der Waals surface area contributed by atoms with Gasteiger partial charge in [-0.2, -0.15) is 0 Å². The average molecular weight is 422 g/mol. The fraction of sp³-hybridized carbons (Fsp3) is 0.211. The predicted molar refractivity (Wildman–Crippen MR) is 104 cm³/mol. The van der Waals surface area contributed by atoms with Crippen molar-refractivity contribution in [2.75, 3.05) is 13.7 Å². The molecule has 2 rings (SSSR count). The number of benzene rings is 2. The van der Waals surface area contributed by atoms with E-state index in [0.29, 0.717) is 11.2 Å². The maximum atomic E-state index is 12.6. The third kappa shape index (κ3) is 5.65. The van der Waals surface area contributed by atoms with E-state index in [-0.39, 0.29) is 19.9 Å². The zero-order chi connectivity index (χ0) is 18.3. The molecule has 0 heterocycles. The van der Waals surface area contributed by atoms with Crippen molar-refractivity contribution in [3.63, 3.8) is 0 Å². The van der Waals surface area contributed by atoms with Crippen molar-refractivity contribution >= 4 is 35.7 Å². The van der Waals surface area contributed by atoms with Gasteiger partial charge in [0.15, 0.2) is 0 Å². The van der Waals surface area contributed by atoms with E-state index in [4.69, 9.17) is 4.74 Å². The van der Waals surface area contributed by atoms with E-state index in [9.17, 15) is 8.42 Å². The second-order valence-corrected chi connectivity index (χ2v) is 8.67. The van der Waals surface area contributed by atoms with Crippen LogP contribution in [0.1, 0.15) is 11.1 Å². The van der Waals surface area contributed by atoms with Crippen molar-refractivity contribution < 1.29 is 13.2 Å². The van der Waals surface area contributed by atoms with Gasteiger partial charge in [-0.3, -0.25) is 0 Å². The molecule has 0 atom stereocenters. The summed E-state index contributed by atoms with van der Waals surface area (Å²) in [7, 11) is -2.15. The second-order valence-electron chi connectivity index (χ2n) is 5.40. The number of ether oxygens (including phenoxy) is 1. The Kier molecular flexibility index (Phi) is 7.14. The van der Waals surface area contributed by atoms with Crippen molar-refractivity contribution in [2.24, 2.45) is 4.40 Å². The van der Waals surface area contributed by atoms with Crippen molar-refractivity contribution in [3.05, 3.63) is 71.3 Å². The summed E-state index contributed by atoms with van der Waals surface area (Å²) in [6.45, 7) is 2.23. The molecule has 2 aromatic carbocycles. The molecule has 0 radical (unpaired) electrons. The normalized spacial score (nSPS) is 13.1. The Morgan fingerprint density at radius 2 is 1.76 bits per heavy atom. The SMILES string of the molecule is COCC(=C\c1ccccc1)/C(=N/S(=O)(=O)c1ccc(C)cc1)[Se]C. The summed E-state index contributed by atoms with van der Waals surface area (Å²) in [5.41, 5.74) is 2.78. The van der Waals surface area contributed by atoms with Gasteiger partial charge in [0.2, 0.25) is 0 Å². The Hall–Kier alpha value is -1.72. The third-order valence-corrected chi connectivity index (χ3v) is 6.53. The Labute approximate surface area is 155 Å². The first-order chi connectivity index (χ1) is 12.0. The Morgan fingerprint density at radius 3 is 2.32 bits per heavy atom. The summed E-state index contributed by atoms with van der Waals surface area (Å²) in [4.78, 5) is 0.205. The number of hydrogen-bond donors (Lipinski definition) is 0. The van der Waals surface area contributed by atoms with Crippen molar-refractivity contribution in [1.29, 1.82) is 0 Å². The zero-order valence-corrected chi connectivity index (χ0v) is 17.0. The van der Waals surface area contributed by atoms with Crippen LogP contribution < -0.4 is 0 Å². The standard InChI is InChI=1S/C19H21NO3SSe/c1-15-9-11-18(12-10-15)24(21,22)20-19(25-3)17(14-23-2)13-16-7-5-4-6-8-16/h4-13H,14H2,1-3H3/b17-13+,20-19-. The molecule has 0 amide bonds. The first kappa shape index (κ1) is 19.6. The monoisotopic (exact) mass is 423 g/mol. The summed E-state index contributed by atoms with van der Waals surface area (Å²) in [5, 5.41) is 0. The molecule has 0 aromatic heterocycles. The van der Waals surface area contributed by atoms with Gasteiger partial charge < -0.3 is 0 Å². The maximum absolute atomic E-state index is 12.6. The van der Waals surface area contributed by atoms with Gasteiger partial charge in [0, 0.05) is 0 Å². The van der Waals surface area contributed by atoms with E-state index in [1.54, 1.807) is 31.4 Å². The summed E-state index contributed by atoms with van der Waals surface area (Å²) < 4.78 is 35.2. The number of sulfonamides is 1. The van der Waals surface area contributed by atoms with Crippen molar-refractivity contribution in [3.8, 4) is 0 Å². The molecule has 6 heteroatoms. The molecule has 0 aliphatic carbocycles. The molecule has 0 aliphatic rings. The summed E-state index contributed by atoms with van der Waals surface area (Å²) in [6.07, 6.45) is 1.93. The quantitative estimate of drug-likeness (QED) is 0.507. The molecule has 0 saturated heterocycles. The van der Waals surface area contributed by atoms with Crippen LogP contribution in [0.2, 0.25) is 5.82 Å². The first-order valence-electron chi connectivity index (χ1n) is 7.67. The molecule has 0 N–H and O–H groups in total. The minimum atomic E-state index is -3.74. The Morgan fingerprint density at radius 1 is 1.12 bits per heavy atom. The van der Waals surface area contributed by atoms with E-state index in [2.05, 4.69) is 4.40 Å². The van der Waals surface area contributed by atoms with Crippen molar-refractivity contribution in [2.45, 2.75) is 17.6 Å². The first-order valence-corrected chi connectivity index (χ1v) is 11.7. The molecule has 0 spiro atoms. The topological polar surface area (TPSA) is 55.7 Å². The fourth-order valence-electron chi connectivity index (χ4n) is 2.17. The van der Waals surface area contributed by atoms with Crippen LogP contribution in [-0.4, -0.2) is 41.7 Å². The molecule has 0 fully saturated rings. The molecular weight excluding hydrogens is 401 g/mol. The van der Waals surface area contributed by atoms with E-state index in [0.717, 1.165) is 16.7 Å². The Balaban J connectivity index is 2.45. The van der Waals surface area contributed by atoms with Crippen LogP contribution in [-0.2, 0) is 14.8 Å². The van der Waals surface area contributed by atoms with E-state index >= 15 is 0 Å². The number of aryl methyl sites for hydroxylation is 1. The van der Waals surface area contributed by atoms with Gasteiger partial charge in [-0.05, 0) is 0 Å². The van der Waals surface area contributed by atoms with E-state index < -0.39 is 10.0 Å². The van der Waals surface area contributed by atoms with Crippen LogP contribution >= 0.6 is 0 Å². The molecule has 0 bridgehead atoms. The van der Waals surface area contributed by atoms with Crippen LogP contribution in [0.3, 0.4) is 0 Å². The summed E-state index contributed by atoms with van der Waals surface area (Å²) >= 11 is -0.100. The number of hydrogen-bond acceptors (Lipinski definition) is 3. The number of rotatable bonds is 7. The van der Waals surface area contributed by atoms with Crippen LogP contribution in [0.5, 0.6) is 0 Å².